The van der Waals surface area contributed by atoms with Gasteiger partial charge in [-0.2, -0.15) is 0 Å². The minimum absolute atomic E-state index is 0.0278. The van der Waals surface area contributed by atoms with E-state index in [-0.39, 0.29) is 11.9 Å². The molecule has 3 nitrogen and oxygen atoms in total. The van der Waals surface area contributed by atoms with Gasteiger partial charge in [0.1, 0.15) is 0 Å². The second-order valence-corrected chi connectivity index (χ2v) is 5.02. The highest BCUT2D eigenvalue weighted by atomic mass is 16.1. The average molecular weight is 246 g/mol. The molecule has 3 N–H and O–H groups in total. The van der Waals surface area contributed by atoms with Gasteiger partial charge in [0.25, 0.3) is 5.91 Å². The van der Waals surface area contributed by atoms with Crippen LogP contribution in [0.1, 0.15) is 54.2 Å². The number of benzene rings is 1. The number of hydrogen-bond acceptors (Lipinski definition) is 2. The Morgan fingerprint density at radius 2 is 2.06 bits per heavy atom. The number of nitrogens with one attached hydrogen (secondary N) is 1. The Bertz CT molecular complexity index is 438. The molecule has 18 heavy (non-hydrogen) atoms. The molecular weight excluding hydrogens is 224 g/mol. The maximum atomic E-state index is 11.8. The summed E-state index contributed by atoms with van der Waals surface area (Å²) in [4.78, 5) is 11.8. The van der Waals surface area contributed by atoms with Crippen molar-refractivity contribution in [1.82, 2.24) is 5.32 Å². The quantitative estimate of drug-likeness (QED) is 0.857. The number of nitrogens with two attached hydrogens (primary N) is 1. The number of hydrogen-bond donors (Lipinski definition) is 2. The van der Waals surface area contributed by atoms with Crippen molar-refractivity contribution in [2.75, 3.05) is 6.54 Å². The van der Waals surface area contributed by atoms with Gasteiger partial charge in [-0.15, -0.1) is 0 Å². The third-order valence-electron chi connectivity index (χ3n) is 4.00. The highest BCUT2D eigenvalue weighted by molar-refractivity contribution is 5.96. The standard InChI is InChI=1S/C15H22N2O/c1-3-10(4-2)14(16)12-6-5-11-7-8-17-15(18)13(11)9-12/h5-6,9-10,14H,3-4,7-8,16H2,1-2H3,(H,17,18). The lowest BCUT2D eigenvalue weighted by atomic mass is 9.87. The van der Waals surface area contributed by atoms with E-state index in [9.17, 15) is 4.79 Å². The van der Waals surface area contributed by atoms with Crippen molar-refractivity contribution >= 4 is 5.91 Å². The summed E-state index contributed by atoms with van der Waals surface area (Å²) in [5, 5.41) is 2.88. The van der Waals surface area contributed by atoms with Crippen LogP contribution >= 0.6 is 0 Å². The second kappa shape index (κ2) is 5.53. The topological polar surface area (TPSA) is 55.1 Å². The molecule has 2 rings (SSSR count). The molecule has 1 amide bonds. The lowest BCUT2D eigenvalue weighted by molar-refractivity contribution is 0.0946. The number of rotatable bonds is 4. The zero-order valence-corrected chi connectivity index (χ0v) is 11.2. The Balaban J connectivity index is 2.30. The van der Waals surface area contributed by atoms with E-state index in [2.05, 4.69) is 31.3 Å². The van der Waals surface area contributed by atoms with Gasteiger partial charge in [-0.1, -0.05) is 38.8 Å². The van der Waals surface area contributed by atoms with E-state index in [4.69, 9.17) is 5.73 Å². The molecule has 3 heteroatoms. The predicted molar refractivity (Wildman–Crippen MR) is 73.5 cm³/mol. The zero-order chi connectivity index (χ0) is 13.1. The van der Waals surface area contributed by atoms with Crippen molar-refractivity contribution < 1.29 is 4.79 Å². The van der Waals surface area contributed by atoms with Crippen LogP contribution in [0.4, 0.5) is 0 Å². The normalized spacial score (nSPS) is 16.3. The fraction of sp³-hybridized carbons (Fsp3) is 0.533. The number of fused-ring (bicyclic) bond motifs is 1. The number of amides is 1. The zero-order valence-electron chi connectivity index (χ0n) is 11.2. The van der Waals surface area contributed by atoms with E-state index in [1.54, 1.807) is 0 Å². The Labute approximate surface area is 109 Å². The number of carbonyl (C=O) groups excluding carboxylic acids is 1. The lowest BCUT2D eigenvalue weighted by Gasteiger charge is -2.24. The summed E-state index contributed by atoms with van der Waals surface area (Å²) in [5.41, 5.74) is 9.33. The van der Waals surface area contributed by atoms with Crippen molar-refractivity contribution in [2.24, 2.45) is 11.7 Å². The van der Waals surface area contributed by atoms with Gasteiger partial charge in [0.15, 0.2) is 0 Å². The third kappa shape index (κ3) is 2.41. The van der Waals surface area contributed by atoms with Crippen molar-refractivity contribution in [3.05, 3.63) is 34.9 Å². The summed E-state index contributed by atoms with van der Waals surface area (Å²) in [6.45, 7) is 5.07. The van der Waals surface area contributed by atoms with E-state index in [1.165, 1.54) is 0 Å². The molecule has 0 saturated heterocycles. The first kappa shape index (κ1) is 13.1. The van der Waals surface area contributed by atoms with Gasteiger partial charge >= 0.3 is 0 Å². The third-order valence-corrected chi connectivity index (χ3v) is 4.00. The molecule has 1 aliphatic heterocycles. The molecule has 0 aromatic heterocycles. The van der Waals surface area contributed by atoms with Crippen molar-refractivity contribution in [3.63, 3.8) is 0 Å². The summed E-state index contributed by atoms with van der Waals surface area (Å²) >= 11 is 0. The van der Waals surface area contributed by atoms with Crippen LogP contribution in [0.15, 0.2) is 18.2 Å². The molecule has 1 atom stereocenters. The summed E-state index contributed by atoms with van der Waals surface area (Å²) < 4.78 is 0. The molecule has 1 unspecified atom stereocenters. The lowest BCUT2D eigenvalue weighted by Crippen LogP contribution is -2.32. The van der Waals surface area contributed by atoms with Crippen molar-refractivity contribution in [2.45, 2.75) is 39.2 Å². The Morgan fingerprint density at radius 3 is 2.72 bits per heavy atom. The number of carbonyl (C=O) groups is 1. The first-order chi connectivity index (χ1) is 8.67. The molecule has 1 aromatic carbocycles. The van der Waals surface area contributed by atoms with Gasteiger partial charge in [-0.25, -0.2) is 0 Å². The molecule has 0 radical (unpaired) electrons. The average Bonchev–Trinajstić information content (AvgIpc) is 2.40. The van der Waals surface area contributed by atoms with Crippen molar-refractivity contribution in [1.29, 1.82) is 0 Å². The smallest absolute Gasteiger partial charge is 0.251 e. The fourth-order valence-electron chi connectivity index (χ4n) is 2.71. The molecule has 0 bridgehead atoms. The van der Waals surface area contributed by atoms with Gasteiger partial charge in [0, 0.05) is 18.2 Å². The van der Waals surface area contributed by atoms with Crippen LogP contribution < -0.4 is 11.1 Å². The van der Waals surface area contributed by atoms with Gasteiger partial charge in [-0.3, -0.25) is 4.79 Å². The van der Waals surface area contributed by atoms with Crippen LogP contribution in [0, 0.1) is 5.92 Å². The molecule has 0 saturated carbocycles. The fourth-order valence-corrected chi connectivity index (χ4v) is 2.71. The van der Waals surface area contributed by atoms with Crippen LogP contribution in [0.2, 0.25) is 0 Å². The van der Waals surface area contributed by atoms with Crippen LogP contribution in [0.5, 0.6) is 0 Å². The maximum absolute atomic E-state index is 11.8. The minimum Gasteiger partial charge on any atom is -0.352 e. The Kier molecular flexibility index (Phi) is 4.02. The Hall–Kier alpha value is -1.35. The molecule has 0 spiro atoms. The second-order valence-electron chi connectivity index (χ2n) is 5.02. The van der Waals surface area contributed by atoms with Crippen LogP contribution in [0.25, 0.3) is 0 Å². The van der Waals surface area contributed by atoms with Gasteiger partial charge in [0.2, 0.25) is 0 Å². The van der Waals surface area contributed by atoms with E-state index < -0.39 is 0 Å². The van der Waals surface area contributed by atoms with Crippen LogP contribution in [-0.2, 0) is 6.42 Å². The molecule has 1 aromatic rings. The highest BCUT2D eigenvalue weighted by Crippen LogP contribution is 2.27. The first-order valence-corrected chi connectivity index (χ1v) is 6.84. The van der Waals surface area contributed by atoms with E-state index in [0.29, 0.717) is 5.92 Å². The summed E-state index contributed by atoms with van der Waals surface area (Å²) in [6, 6.07) is 6.15. The van der Waals surface area contributed by atoms with E-state index in [1.807, 2.05) is 6.07 Å². The van der Waals surface area contributed by atoms with E-state index in [0.717, 1.165) is 42.5 Å². The highest BCUT2D eigenvalue weighted by Gasteiger charge is 2.21. The monoisotopic (exact) mass is 246 g/mol. The molecule has 1 aliphatic rings. The summed E-state index contributed by atoms with van der Waals surface area (Å²) in [5.74, 6) is 0.518. The first-order valence-electron chi connectivity index (χ1n) is 6.84. The minimum atomic E-state index is 0.0278. The van der Waals surface area contributed by atoms with Gasteiger partial charge in [-0.05, 0) is 29.5 Å². The van der Waals surface area contributed by atoms with Crippen molar-refractivity contribution in [3.8, 4) is 0 Å². The largest absolute Gasteiger partial charge is 0.352 e. The molecule has 0 fully saturated rings. The van der Waals surface area contributed by atoms with Crippen LogP contribution in [-0.4, -0.2) is 12.5 Å². The maximum Gasteiger partial charge on any atom is 0.251 e. The van der Waals surface area contributed by atoms with Gasteiger partial charge < -0.3 is 11.1 Å². The molecule has 1 heterocycles. The SMILES string of the molecule is CCC(CC)C(N)c1ccc2c(c1)C(=O)NCC2. The summed E-state index contributed by atoms with van der Waals surface area (Å²) in [6.07, 6.45) is 3.06. The molecular formula is C15H22N2O. The Morgan fingerprint density at radius 1 is 1.33 bits per heavy atom. The predicted octanol–water partition coefficient (Wildman–Crippen LogP) is 2.41. The van der Waals surface area contributed by atoms with Crippen LogP contribution in [0.3, 0.4) is 0 Å². The molecule has 98 valence electrons. The molecule has 0 aliphatic carbocycles. The van der Waals surface area contributed by atoms with Gasteiger partial charge in [0.05, 0.1) is 0 Å². The summed E-state index contributed by atoms with van der Waals surface area (Å²) in [7, 11) is 0. The van der Waals surface area contributed by atoms with E-state index >= 15 is 0 Å².